The first-order valence-electron chi connectivity index (χ1n) is 11.0. The summed E-state index contributed by atoms with van der Waals surface area (Å²) in [5, 5.41) is 0. The van der Waals surface area contributed by atoms with E-state index in [0.717, 1.165) is 48.3 Å². The number of aryl methyl sites for hydroxylation is 3. The number of hydrogen-bond donors (Lipinski definition) is 0. The molecule has 0 radical (unpaired) electrons. The van der Waals surface area contributed by atoms with Crippen LogP contribution in [0.25, 0.3) is 17.5 Å². The standard InChI is InChI=1S/C27H29NO4/c1-4-31-27(30)24(19(2)29)18-22-16-14-21(15-17-22)10-8-9-13-25-20(3)32-26(28-25)23-11-6-5-7-12-23/h5-7,11-12,14-18H,4,8-10,13H2,1-3H3/b24-18-. The first-order valence-corrected chi connectivity index (χ1v) is 11.0. The smallest absolute Gasteiger partial charge is 0.341 e. The van der Waals surface area contributed by atoms with E-state index in [4.69, 9.17) is 9.15 Å². The number of nitrogens with zero attached hydrogens (tertiary/aromatic N) is 1. The van der Waals surface area contributed by atoms with Gasteiger partial charge in [0.1, 0.15) is 11.3 Å². The fourth-order valence-corrected chi connectivity index (χ4v) is 3.45. The number of ether oxygens (including phenoxy) is 1. The molecule has 0 bridgehead atoms. The Balaban J connectivity index is 1.53. The van der Waals surface area contributed by atoms with Gasteiger partial charge in [-0.15, -0.1) is 0 Å². The van der Waals surface area contributed by atoms with Crippen molar-refractivity contribution in [2.24, 2.45) is 0 Å². The molecule has 3 rings (SSSR count). The third kappa shape index (κ3) is 6.27. The monoisotopic (exact) mass is 431 g/mol. The molecular weight excluding hydrogens is 402 g/mol. The molecule has 3 aromatic rings. The van der Waals surface area contributed by atoms with Crippen LogP contribution >= 0.6 is 0 Å². The Labute approximate surface area is 189 Å². The maximum atomic E-state index is 11.9. The van der Waals surface area contributed by atoms with Crippen molar-refractivity contribution in [3.63, 3.8) is 0 Å². The predicted octanol–water partition coefficient (Wildman–Crippen LogP) is 5.75. The van der Waals surface area contributed by atoms with Crippen LogP contribution in [0.15, 0.2) is 64.6 Å². The minimum absolute atomic E-state index is 0.0671. The number of benzene rings is 2. The zero-order valence-corrected chi connectivity index (χ0v) is 18.9. The van der Waals surface area contributed by atoms with Gasteiger partial charge in [0.2, 0.25) is 5.89 Å². The summed E-state index contributed by atoms with van der Waals surface area (Å²) in [7, 11) is 0. The van der Waals surface area contributed by atoms with Gasteiger partial charge >= 0.3 is 5.97 Å². The largest absolute Gasteiger partial charge is 0.462 e. The normalized spacial score (nSPS) is 11.4. The van der Waals surface area contributed by atoms with Crippen molar-refractivity contribution in [3.05, 3.63) is 82.8 Å². The molecule has 0 saturated carbocycles. The first-order chi connectivity index (χ1) is 15.5. The Morgan fingerprint density at radius 3 is 2.34 bits per heavy atom. The van der Waals surface area contributed by atoms with Gasteiger partial charge in [0.15, 0.2) is 5.78 Å². The fourth-order valence-electron chi connectivity index (χ4n) is 3.45. The summed E-state index contributed by atoms with van der Waals surface area (Å²) in [6.45, 7) is 5.30. The van der Waals surface area contributed by atoms with Crippen LogP contribution in [-0.4, -0.2) is 23.3 Å². The quantitative estimate of drug-likeness (QED) is 0.134. The highest BCUT2D eigenvalue weighted by molar-refractivity contribution is 6.19. The molecule has 1 heterocycles. The lowest BCUT2D eigenvalue weighted by Crippen LogP contribution is -2.13. The highest BCUT2D eigenvalue weighted by atomic mass is 16.5. The highest BCUT2D eigenvalue weighted by Gasteiger charge is 2.15. The number of Topliss-reactive ketones (excluding diaryl/α,β-unsaturated/α-hetero) is 1. The van der Waals surface area contributed by atoms with Gasteiger partial charge < -0.3 is 9.15 Å². The Bertz CT molecular complexity index is 1080. The lowest BCUT2D eigenvalue weighted by molar-refractivity contribution is -0.139. The molecule has 0 aliphatic carbocycles. The van der Waals surface area contributed by atoms with Gasteiger partial charge in [0.25, 0.3) is 0 Å². The summed E-state index contributed by atoms with van der Waals surface area (Å²) in [5.74, 6) is 0.672. The summed E-state index contributed by atoms with van der Waals surface area (Å²) >= 11 is 0. The fraction of sp³-hybridized carbons (Fsp3) is 0.296. The number of hydrogen-bond acceptors (Lipinski definition) is 5. The molecule has 0 aliphatic rings. The van der Waals surface area contributed by atoms with E-state index in [9.17, 15) is 9.59 Å². The molecule has 1 aromatic heterocycles. The maximum absolute atomic E-state index is 11.9. The second kappa shape index (κ2) is 11.2. The van der Waals surface area contributed by atoms with Crippen molar-refractivity contribution in [1.82, 2.24) is 4.98 Å². The van der Waals surface area contributed by atoms with Gasteiger partial charge in [0, 0.05) is 5.56 Å². The summed E-state index contributed by atoms with van der Waals surface area (Å²) in [5.41, 5.74) is 4.09. The van der Waals surface area contributed by atoms with Crippen LogP contribution in [0.3, 0.4) is 0 Å². The maximum Gasteiger partial charge on any atom is 0.341 e. The average Bonchev–Trinajstić information content (AvgIpc) is 3.17. The van der Waals surface area contributed by atoms with Crippen molar-refractivity contribution in [2.75, 3.05) is 6.61 Å². The van der Waals surface area contributed by atoms with Gasteiger partial charge in [-0.1, -0.05) is 42.5 Å². The average molecular weight is 432 g/mol. The van der Waals surface area contributed by atoms with Crippen LogP contribution in [0.1, 0.15) is 49.3 Å². The molecule has 0 atom stereocenters. The van der Waals surface area contributed by atoms with E-state index >= 15 is 0 Å². The van der Waals surface area contributed by atoms with E-state index in [2.05, 4.69) is 4.98 Å². The Morgan fingerprint density at radius 2 is 1.69 bits per heavy atom. The lowest BCUT2D eigenvalue weighted by atomic mass is 10.0. The van der Waals surface area contributed by atoms with Gasteiger partial charge in [-0.2, -0.15) is 0 Å². The number of carbonyl (C=O) groups is 2. The highest BCUT2D eigenvalue weighted by Crippen LogP contribution is 2.22. The Hall–Kier alpha value is -3.47. The van der Waals surface area contributed by atoms with Gasteiger partial charge in [-0.25, -0.2) is 9.78 Å². The molecule has 0 N–H and O–H groups in total. The van der Waals surface area contributed by atoms with Crippen LogP contribution in [0, 0.1) is 6.92 Å². The zero-order chi connectivity index (χ0) is 22.9. The van der Waals surface area contributed by atoms with E-state index in [1.165, 1.54) is 12.5 Å². The number of ketones is 1. The van der Waals surface area contributed by atoms with Gasteiger partial charge in [-0.05, 0) is 75.8 Å². The van der Waals surface area contributed by atoms with Gasteiger partial charge in [-0.3, -0.25) is 4.79 Å². The molecule has 0 fully saturated rings. The predicted molar refractivity (Wildman–Crippen MR) is 125 cm³/mol. The number of rotatable bonds is 10. The number of esters is 1. The van der Waals surface area contributed by atoms with Crippen molar-refractivity contribution in [2.45, 2.75) is 46.5 Å². The van der Waals surface area contributed by atoms with Crippen molar-refractivity contribution < 1.29 is 18.7 Å². The number of carbonyl (C=O) groups excluding carboxylic acids is 2. The van der Waals surface area contributed by atoms with E-state index in [1.807, 2.05) is 61.5 Å². The first kappa shape index (κ1) is 23.2. The molecular formula is C27H29NO4. The summed E-state index contributed by atoms with van der Waals surface area (Å²) in [4.78, 5) is 28.3. The van der Waals surface area contributed by atoms with E-state index < -0.39 is 5.97 Å². The molecule has 0 spiro atoms. The third-order valence-corrected chi connectivity index (χ3v) is 5.21. The number of unbranched alkanes of at least 4 members (excludes halogenated alkanes) is 1. The van der Waals surface area contributed by atoms with Crippen molar-refractivity contribution >= 4 is 17.8 Å². The van der Waals surface area contributed by atoms with Crippen LogP contribution in [0.4, 0.5) is 0 Å². The Kier molecular flexibility index (Phi) is 8.14. The minimum Gasteiger partial charge on any atom is -0.462 e. The summed E-state index contributed by atoms with van der Waals surface area (Å²) < 4.78 is 10.8. The summed E-state index contributed by atoms with van der Waals surface area (Å²) in [6.07, 6.45) is 5.46. The Morgan fingerprint density at radius 1 is 1.00 bits per heavy atom. The third-order valence-electron chi connectivity index (χ3n) is 5.21. The van der Waals surface area contributed by atoms with Gasteiger partial charge in [0.05, 0.1) is 12.3 Å². The zero-order valence-electron chi connectivity index (χ0n) is 18.9. The van der Waals surface area contributed by atoms with Crippen LogP contribution in [0.5, 0.6) is 0 Å². The van der Waals surface area contributed by atoms with Crippen molar-refractivity contribution in [1.29, 1.82) is 0 Å². The van der Waals surface area contributed by atoms with Crippen LogP contribution in [0.2, 0.25) is 0 Å². The molecule has 166 valence electrons. The molecule has 0 aliphatic heterocycles. The number of oxazole rings is 1. The molecule has 0 amide bonds. The molecule has 5 heteroatoms. The molecule has 0 saturated heterocycles. The second-order valence-electron chi connectivity index (χ2n) is 7.67. The van der Waals surface area contributed by atoms with E-state index in [0.29, 0.717) is 5.89 Å². The van der Waals surface area contributed by atoms with Crippen LogP contribution < -0.4 is 0 Å². The summed E-state index contributed by atoms with van der Waals surface area (Å²) in [6, 6.07) is 17.8. The molecule has 0 unspecified atom stereocenters. The topological polar surface area (TPSA) is 69.4 Å². The van der Waals surface area contributed by atoms with E-state index in [-0.39, 0.29) is 18.0 Å². The number of aromatic nitrogens is 1. The second-order valence-corrected chi connectivity index (χ2v) is 7.67. The molecule has 2 aromatic carbocycles. The van der Waals surface area contributed by atoms with E-state index in [1.54, 1.807) is 13.0 Å². The molecule has 32 heavy (non-hydrogen) atoms. The minimum atomic E-state index is -0.581. The van der Waals surface area contributed by atoms with Crippen molar-refractivity contribution in [3.8, 4) is 11.5 Å². The molecule has 5 nitrogen and oxygen atoms in total. The lowest BCUT2D eigenvalue weighted by Gasteiger charge is -2.05. The SMILES string of the molecule is CCOC(=O)/C(=C\c1ccc(CCCCc2nc(-c3ccccc3)oc2C)cc1)C(C)=O. The van der Waals surface area contributed by atoms with Crippen LogP contribution in [-0.2, 0) is 27.2 Å².